The Morgan fingerprint density at radius 2 is 1.79 bits per heavy atom. The van der Waals surface area contributed by atoms with Gasteiger partial charge in [-0.1, -0.05) is 47.7 Å². The van der Waals surface area contributed by atoms with Gasteiger partial charge in [-0.05, 0) is 41.1 Å². The van der Waals surface area contributed by atoms with Gasteiger partial charge < -0.3 is 4.74 Å². The number of amides is 1. The average molecular weight is 461 g/mol. The van der Waals surface area contributed by atoms with Crippen LogP contribution in [0.5, 0.6) is 5.75 Å². The first-order valence-electron chi connectivity index (χ1n) is 10.1. The normalized spacial score (nSPS) is 11.1. The Bertz CT molecular complexity index is 1460. The minimum absolute atomic E-state index is 0.0191. The van der Waals surface area contributed by atoms with Gasteiger partial charge in [-0.25, -0.2) is 13.8 Å². The Kier molecular flexibility index (Phi) is 5.66. The number of rotatable bonds is 6. The molecule has 0 saturated carbocycles. The highest BCUT2D eigenvalue weighted by Crippen LogP contribution is 2.32. The van der Waals surface area contributed by atoms with Crippen LogP contribution >= 0.6 is 11.3 Å². The molecule has 2 aromatic heterocycles. The zero-order valence-electron chi connectivity index (χ0n) is 17.2. The summed E-state index contributed by atoms with van der Waals surface area (Å²) in [5.41, 5.74) is 0.646. The Hall–Kier alpha value is -3.91. The summed E-state index contributed by atoms with van der Waals surface area (Å²) in [7, 11) is 0. The Labute approximate surface area is 191 Å². The van der Waals surface area contributed by atoms with Crippen molar-refractivity contribution in [2.75, 3.05) is 11.5 Å². The van der Waals surface area contributed by atoms with Crippen LogP contribution in [0, 0.1) is 11.6 Å². The lowest BCUT2D eigenvalue weighted by atomic mass is 10.1. The van der Waals surface area contributed by atoms with Crippen LogP contribution in [0.3, 0.4) is 0 Å². The predicted molar refractivity (Wildman–Crippen MR) is 124 cm³/mol. The molecule has 0 aliphatic heterocycles. The third-order valence-corrected chi connectivity index (χ3v) is 6.09. The van der Waals surface area contributed by atoms with Crippen LogP contribution in [-0.4, -0.2) is 22.5 Å². The molecule has 0 bridgehead atoms. The molecule has 0 radical (unpaired) electrons. The number of fused-ring (bicyclic) bond motifs is 2. The van der Waals surface area contributed by atoms with Gasteiger partial charge in [0.1, 0.15) is 17.1 Å². The van der Waals surface area contributed by atoms with Crippen LogP contribution in [0.25, 0.3) is 21.0 Å². The average Bonchev–Trinajstić information content (AvgIpc) is 3.25. The molecule has 33 heavy (non-hydrogen) atoms. The van der Waals surface area contributed by atoms with Crippen LogP contribution < -0.4 is 9.64 Å². The van der Waals surface area contributed by atoms with E-state index in [1.54, 1.807) is 24.4 Å². The Morgan fingerprint density at radius 1 is 0.970 bits per heavy atom. The molecule has 0 N–H and O–H groups in total. The number of carbonyl (C=O) groups excluding carboxylic acids is 1. The zero-order chi connectivity index (χ0) is 22.8. The van der Waals surface area contributed by atoms with Crippen molar-refractivity contribution in [3.8, 4) is 5.75 Å². The highest BCUT2D eigenvalue weighted by molar-refractivity contribution is 7.22. The quantitative estimate of drug-likeness (QED) is 0.324. The number of anilines is 1. The summed E-state index contributed by atoms with van der Waals surface area (Å²) in [6.45, 7) is -0.136. The van der Waals surface area contributed by atoms with Gasteiger partial charge in [0.25, 0.3) is 5.91 Å². The van der Waals surface area contributed by atoms with Crippen LogP contribution in [0.2, 0.25) is 0 Å². The molecule has 5 nitrogen and oxygen atoms in total. The minimum atomic E-state index is -0.773. The van der Waals surface area contributed by atoms with Crippen molar-refractivity contribution in [1.29, 1.82) is 0 Å². The van der Waals surface area contributed by atoms with Crippen LogP contribution in [0.15, 0.2) is 79.0 Å². The summed E-state index contributed by atoms with van der Waals surface area (Å²) in [6.07, 6.45) is 1.62. The van der Waals surface area contributed by atoms with E-state index in [2.05, 4.69) is 9.97 Å². The van der Waals surface area contributed by atoms with Gasteiger partial charge in [0, 0.05) is 12.3 Å². The number of ether oxygens (including phenoxy) is 1. The second kappa shape index (κ2) is 8.91. The molecular formula is C25H17F2N3O2S. The molecule has 0 atom stereocenters. The van der Waals surface area contributed by atoms with Crippen LogP contribution in [0.1, 0.15) is 5.69 Å². The molecule has 5 aromatic rings. The third kappa shape index (κ3) is 4.51. The van der Waals surface area contributed by atoms with Gasteiger partial charge in [0.2, 0.25) is 0 Å². The number of aromatic nitrogens is 2. The molecule has 8 heteroatoms. The molecule has 3 aromatic carbocycles. The summed E-state index contributed by atoms with van der Waals surface area (Å²) >= 11 is 1.04. The second-order valence-electron chi connectivity index (χ2n) is 7.33. The maximum Gasteiger partial charge on any atom is 0.267 e. The molecule has 0 unspecified atom stereocenters. The topological polar surface area (TPSA) is 55.3 Å². The van der Waals surface area contributed by atoms with E-state index >= 15 is 0 Å². The molecular weight excluding hydrogens is 444 g/mol. The summed E-state index contributed by atoms with van der Waals surface area (Å²) < 4.78 is 34.0. The lowest BCUT2D eigenvalue weighted by molar-refractivity contribution is -0.120. The summed E-state index contributed by atoms with van der Waals surface area (Å²) in [6, 6.07) is 20.8. The summed E-state index contributed by atoms with van der Waals surface area (Å²) in [5.74, 6) is -1.30. The molecule has 0 spiro atoms. The van der Waals surface area contributed by atoms with Crippen molar-refractivity contribution in [1.82, 2.24) is 9.97 Å². The fourth-order valence-corrected chi connectivity index (χ4v) is 4.48. The van der Waals surface area contributed by atoms with E-state index in [9.17, 15) is 13.6 Å². The molecule has 5 rings (SSSR count). The molecule has 164 valence electrons. The van der Waals surface area contributed by atoms with Gasteiger partial charge >= 0.3 is 0 Å². The molecule has 0 saturated heterocycles. The van der Waals surface area contributed by atoms with E-state index in [0.717, 1.165) is 28.2 Å². The third-order valence-electron chi connectivity index (χ3n) is 5.06. The highest BCUT2D eigenvalue weighted by atomic mass is 32.1. The van der Waals surface area contributed by atoms with Crippen molar-refractivity contribution < 1.29 is 18.3 Å². The fourth-order valence-electron chi connectivity index (χ4n) is 3.46. The minimum Gasteiger partial charge on any atom is -0.484 e. The first kappa shape index (κ1) is 21.0. The molecule has 0 aliphatic rings. The lowest BCUT2D eigenvalue weighted by Crippen LogP contribution is -2.34. The highest BCUT2D eigenvalue weighted by Gasteiger charge is 2.23. The Morgan fingerprint density at radius 3 is 2.61 bits per heavy atom. The SMILES string of the molecule is O=C(COc1ccc2ccccc2c1)N(Cc1ccccn1)c1nc2c(F)cc(F)cc2s1. The van der Waals surface area contributed by atoms with Crippen molar-refractivity contribution in [3.63, 3.8) is 0 Å². The van der Waals surface area contributed by atoms with Crippen LogP contribution in [0.4, 0.5) is 13.9 Å². The van der Waals surface area contributed by atoms with E-state index in [1.165, 1.54) is 11.0 Å². The maximum atomic E-state index is 14.2. The van der Waals surface area contributed by atoms with E-state index in [1.807, 2.05) is 42.5 Å². The number of pyridine rings is 1. The van der Waals surface area contributed by atoms with E-state index in [0.29, 0.717) is 16.1 Å². The number of hydrogen-bond acceptors (Lipinski definition) is 5. The second-order valence-corrected chi connectivity index (χ2v) is 8.34. The summed E-state index contributed by atoms with van der Waals surface area (Å²) in [5, 5.41) is 2.31. The van der Waals surface area contributed by atoms with E-state index < -0.39 is 11.6 Å². The summed E-state index contributed by atoms with van der Waals surface area (Å²) in [4.78, 5) is 23.1. The van der Waals surface area contributed by atoms with Crippen molar-refractivity contribution >= 4 is 43.4 Å². The molecule has 0 aliphatic carbocycles. The standard InChI is InChI=1S/C25H17F2N3O2S/c26-18-12-21(27)24-22(13-18)33-25(29-24)30(14-19-7-3-4-10-28-19)23(31)15-32-20-9-8-16-5-1-2-6-17(16)11-20/h1-13H,14-15H2. The monoisotopic (exact) mass is 461 g/mol. The van der Waals surface area contributed by atoms with E-state index in [-0.39, 0.29) is 29.7 Å². The van der Waals surface area contributed by atoms with Gasteiger partial charge in [-0.3, -0.25) is 14.7 Å². The lowest BCUT2D eigenvalue weighted by Gasteiger charge is -2.19. The van der Waals surface area contributed by atoms with Crippen molar-refractivity contribution in [2.24, 2.45) is 0 Å². The van der Waals surface area contributed by atoms with E-state index in [4.69, 9.17) is 4.74 Å². The predicted octanol–water partition coefficient (Wildman–Crippen LogP) is 5.73. The number of benzene rings is 3. The number of hydrogen-bond donors (Lipinski definition) is 0. The first-order chi connectivity index (χ1) is 16.1. The van der Waals surface area contributed by atoms with Crippen LogP contribution in [-0.2, 0) is 11.3 Å². The largest absolute Gasteiger partial charge is 0.484 e. The van der Waals surface area contributed by atoms with Gasteiger partial charge in [0.15, 0.2) is 17.6 Å². The Balaban J connectivity index is 1.43. The molecule has 1 amide bonds. The maximum absolute atomic E-state index is 14.2. The molecule has 0 fully saturated rings. The number of thiazole rings is 1. The fraction of sp³-hybridized carbons (Fsp3) is 0.0800. The van der Waals surface area contributed by atoms with Gasteiger partial charge in [-0.15, -0.1) is 0 Å². The number of nitrogens with zero attached hydrogens (tertiary/aromatic N) is 3. The first-order valence-corrected chi connectivity index (χ1v) is 11.0. The van der Waals surface area contributed by atoms with Gasteiger partial charge in [-0.2, -0.15) is 0 Å². The number of halogens is 2. The smallest absolute Gasteiger partial charge is 0.267 e. The van der Waals surface area contributed by atoms with Gasteiger partial charge in [0.05, 0.1) is 16.9 Å². The zero-order valence-corrected chi connectivity index (χ0v) is 18.1. The molecule has 2 heterocycles. The van der Waals surface area contributed by atoms with Crippen molar-refractivity contribution in [3.05, 3.63) is 96.3 Å². The number of carbonyl (C=O) groups is 1. The van der Waals surface area contributed by atoms with Crippen molar-refractivity contribution in [2.45, 2.75) is 6.54 Å².